The van der Waals surface area contributed by atoms with Gasteiger partial charge in [0.1, 0.15) is 0 Å². The Labute approximate surface area is 223 Å². The standard InChI is InChI=1S/C25H23Br2ClN4O3/c26-19-9-14(10-20(27)22(19)29)23(33)17-11-18(17)24(34)31-6-4-16(5-7-31)32-12-21(30-25(32)35)13-2-1-3-15(28)8-13/h1-3,8-10,12,16-18H,4-7,11,29H2,(H,30,35)/t17-,18-/m1/s1. The molecular formula is C25H23Br2ClN4O3. The van der Waals surface area contributed by atoms with Crippen molar-refractivity contribution in [2.24, 2.45) is 11.8 Å². The average Bonchev–Trinajstić information content (AvgIpc) is 3.55. The number of aromatic nitrogens is 2. The summed E-state index contributed by atoms with van der Waals surface area (Å²) in [7, 11) is 0. The van der Waals surface area contributed by atoms with E-state index in [1.807, 2.05) is 29.3 Å². The number of nitrogens with zero attached hydrogens (tertiary/aromatic N) is 2. The number of halogens is 3. The van der Waals surface area contributed by atoms with E-state index in [4.69, 9.17) is 17.3 Å². The van der Waals surface area contributed by atoms with Gasteiger partial charge >= 0.3 is 5.69 Å². The van der Waals surface area contributed by atoms with Crippen LogP contribution >= 0.6 is 43.5 Å². The van der Waals surface area contributed by atoms with E-state index in [1.165, 1.54) is 0 Å². The van der Waals surface area contributed by atoms with E-state index in [9.17, 15) is 14.4 Å². The number of nitrogens with two attached hydrogens (primary N) is 1. The van der Waals surface area contributed by atoms with Crippen molar-refractivity contribution in [2.75, 3.05) is 18.8 Å². The fourth-order valence-corrected chi connectivity index (χ4v) is 6.16. The molecule has 0 bridgehead atoms. The molecule has 2 aliphatic rings. The van der Waals surface area contributed by atoms with E-state index in [-0.39, 0.29) is 35.3 Å². The maximum Gasteiger partial charge on any atom is 0.326 e. The molecule has 1 saturated heterocycles. The first-order chi connectivity index (χ1) is 16.7. The summed E-state index contributed by atoms with van der Waals surface area (Å²) in [5.74, 6) is -0.586. The van der Waals surface area contributed by atoms with E-state index in [2.05, 4.69) is 36.8 Å². The lowest BCUT2D eigenvalue weighted by molar-refractivity contribution is -0.134. The van der Waals surface area contributed by atoms with Gasteiger partial charge in [-0.2, -0.15) is 0 Å². The van der Waals surface area contributed by atoms with E-state index >= 15 is 0 Å². The number of rotatable bonds is 5. The van der Waals surface area contributed by atoms with E-state index in [1.54, 1.807) is 22.8 Å². The average molecular weight is 623 g/mol. The van der Waals surface area contributed by atoms with Gasteiger partial charge in [0.15, 0.2) is 5.78 Å². The number of amides is 1. The van der Waals surface area contributed by atoms with Gasteiger partial charge in [-0.25, -0.2) is 4.79 Å². The minimum absolute atomic E-state index is 0.0110. The molecule has 10 heteroatoms. The molecule has 2 heterocycles. The number of Topliss-reactive ketones (excluding diaryl/α,β-unsaturated/α-hetero) is 1. The predicted molar refractivity (Wildman–Crippen MR) is 143 cm³/mol. The van der Waals surface area contributed by atoms with Gasteiger partial charge in [0, 0.05) is 62.3 Å². The van der Waals surface area contributed by atoms with E-state index in [0.717, 1.165) is 11.3 Å². The van der Waals surface area contributed by atoms with Gasteiger partial charge in [-0.15, -0.1) is 0 Å². The zero-order chi connectivity index (χ0) is 24.9. The zero-order valence-corrected chi connectivity index (χ0v) is 22.6. The first kappa shape index (κ1) is 24.3. The lowest BCUT2D eigenvalue weighted by Crippen LogP contribution is -2.41. The summed E-state index contributed by atoms with van der Waals surface area (Å²) >= 11 is 12.8. The summed E-state index contributed by atoms with van der Waals surface area (Å²) in [6, 6.07) is 10.8. The van der Waals surface area contributed by atoms with Crippen LogP contribution in [-0.2, 0) is 4.79 Å². The number of nitrogens with one attached hydrogen (secondary N) is 1. The van der Waals surface area contributed by atoms with Crippen molar-refractivity contribution in [1.82, 2.24) is 14.5 Å². The van der Waals surface area contributed by atoms with Crippen LogP contribution in [0.15, 0.2) is 56.3 Å². The highest BCUT2D eigenvalue weighted by molar-refractivity contribution is 9.11. The van der Waals surface area contributed by atoms with Gasteiger partial charge in [0.05, 0.1) is 11.4 Å². The molecule has 1 aliphatic heterocycles. The molecule has 1 saturated carbocycles. The Morgan fingerprint density at radius 3 is 2.40 bits per heavy atom. The molecule has 3 N–H and O–H groups in total. The molecule has 0 unspecified atom stereocenters. The summed E-state index contributed by atoms with van der Waals surface area (Å²) in [4.78, 5) is 43.3. The second-order valence-corrected chi connectivity index (χ2v) is 11.3. The summed E-state index contributed by atoms with van der Waals surface area (Å²) in [6.45, 7) is 1.12. The molecule has 0 spiro atoms. The van der Waals surface area contributed by atoms with Gasteiger partial charge in [0.25, 0.3) is 0 Å². The minimum Gasteiger partial charge on any atom is -0.397 e. The Hall–Kier alpha value is -2.36. The maximum absolute atomic E-state index is 13.1. The second kappa shape index (κ2) is 9.59. The topological polar surface area (TPSA) is 101 Å². The van der Waals surface area contributed by atoms with Gasteiger partial charge in [0.2, 0.25) is 5.91 Å². The third kappa shape index (κ3) is 4.86. The molecule has 1 aliphatic carbocycles. The number of aromatic amines is 1. The highest BCUT2D eigenvalue weighted by atomic mass is 79.9. The van der Waals surface area contributed by atoms with Crippen molar-refractivity contribution in [2.45, 2.75) is 25.3 Å². The number of anilines is 1. The molecule has 35 heavy (non-hydrogen) atoms. The second-order valence-electron chi connectivity index (χ2n) is 9.11. The summed E-state index contributed by atoms with van der Waals surface area (Å²) in [5, 5.41) is 0.608. The molecule has 2 aromatic carbocycles. The highest BCUT2D eigenvalue weighted by Gasteiger charge is 2.50. The Balaban J connectivity index is 1.20. The van der Waals surface area contributed by atoms with Crippen LogP contribution < -0.4 is 11.4 Å². The molecule has 182 valence electrons. The fourth-order valence-electron chi connectivity index (χ4n) is 4.78. The Morgan fingerprint density at radius 2 is 1.74 bits per heavy atom. The SMILES string of the molecule is Nc1c(Br)cc(C(=O)[C@@H]2C[C@H]2C(=O)N2CCC(n3cc(-c4cccc(Cl)c4)[nH]c3=O)CC2)cc1Br. The molecule has 1 amide bonds. The zero-order valence-electron chi connectivity index (χ0n) is 18.6. The van der Waals surface area contributed by atoms with Gasteiger partial charge in [-0.3, -0.25) is 14.2 Å². The van der Waals surface area contributed by atoms with Gasteiger partial charge in [-0.05, 0) is 75.4 Å². The predicted octanol–water partition coefficient (Wildman–Crippen LogP) is 5.29. The molecule has 2 fully saturated rings. The van der Waals surface area contributed by atoms with E-state index < -0.39 is 0 Å². The van der Waals surface area contributed by atoms with Crippen molar-refractivity contribution < 1.29 is 9.59 Å². The number of carbonyl (C=O) groups excluding carboxylic acids is 2. The van der Waals surface area contributed by atoms with Gasteiger partial charge in [-0.1, -0.05) is 23.7 Å². The molecule has 0 radical (unpaired) electrons. The number of H-pyrrole nitrogens is 1. The van der Waals surface area contributed by atoms with Crippen LogP contribution in [0.25, 0.3) is 11.3 Å². The number of piperidine rings is 1. The van der Waals surface area contributed by atoms with Crippen molar-refractivity contribution >= 4 is 60.8 Å². The van der Waals surface area contributed by atoms with Crippen molar-refractivity contribution in [3.05, 3.63) is 72.6 Å². The van der Waals surface area contributed by atoms with E-state index in [0.29, 0.717) is 57.6 Å². The molecule has 3 aromatic rings. The van der Waals surface area contributed by atoms with Crippen LogP contribution in [0.5, 0.6) is 0 Å². The van der Waals surface area contributed by atoms with Crippen LogP contribution in [0.2, 0.25) is 5.02 Å². The Bertz CT molecular complexity index is 1350. The van der Waals surface area contributed by atoms with Crippen LogP contribution in [0, 0.1) is 11.8 Å². The fraction of sp³-hybridized carbons (Fsp3) is 0.320. The number of carbonyl (C=O) groups is 2. The number of likely N-dealkylation sites (tertiary alicyclic amines) is 1. The molecule has 2 atom stereocenters. The van der Waals surface area contributed by atoms with Crippen LogP contribution in [0.4, 0.5) is 5.69 Å². The number of imidazole rings is 1. The minimum atomic E-state index is -0.296. The highest BCUT2D eigenvalue weighted by Crippen LogP contribution is 2.44. The lowest BCUT2D eigenvalue weighted by Gasteiger charge is -2.32. The maximum atomic E-state index is 13.1. The summed E-state index contributed by atoms with van der Waals surface area (Å²) < 4.78 is 3.02. The van der Waals surface area contributed by atoms with Crippen LogP contribution in [-0.4, -0.2) is 39.2 Å². The quantitative estimate of drug-likeness (QED) is 0.299. The third-order valence-electron chi connectivity index (χ3n) is 6.86. The number of hydrogen-bond donors (Lipinski definition) is 2. The van der Waals surface area contributed by atoms with Gasteiger partial charge < -0.3 is 15.6 Å². The molecule has 5 rings (SSSR count). The normalized spacial score (nSPS) is 20.1. The van der Waals surface area contributed by atoms with Crippen LogP contribution in [0.3, 0.4) is 0 Å². The monoisotopic (exact) mass is 620 g/mol. The first-order valence-electron chi connectivity index (χ1n) is 11.4. The number of ketones is 1. The Kier molecular flexibility index (Phi) is 6.67. The molecule has 7 nitrogen and oxygen atoms in total. The molecule has 1 aromatic heterocycles. The van der Waals surface area contributed by atoms with Crippen molar-refractivity contribution in [3.8, 4) is 11.3 Å². The number of hydrogen-bond acceptors (Lipinski definition) is 4. The first-order valence-corrected chi connectivity index (χ1v) is 13.3. The van der Waals surface area contributed by atoms with Crippen molar-refractivity contribution in [3.63, 3.8) is 0 Å². The Morgan fingerprint density at radius 1 is 1.06 bits per heavy atom. The third-order valence-corrected chi connectivity index (χ3v) is 8.40. The lowest BCUT2D eigenvalue weighted by atomic mass is 10.0. The summed E-state index contributed by atoms with van der Waals surface area (Å²) in [6.07, 6.45) is 3.76. The van der Waals surface area contributed by atoms with Crippen molar-refractivity contribution in [1.29, 1.82) is 0 Å². The number of nitrogen functional groups attached to an aromatic ring is 1. The smallest absolute Gasteiger partial charge is 0.326 e. The number of benzene rings is 2. The summed E-state index contributed by atoms with van der Waals surface area (Å²) in [5.41, 5.74) is 8.40. The van der Waals surface area contributed by atoms with Crippen LogP contribution in [0.1, 0.15) is 35.7 Å². The molecular weight excluding hydrogens is 600 g/mol. The largest absolute Gasteiger partial charge is 0.397 e.